The first-order valence-corrected chi connectivity index (χ1v) is 12.2. The standard InChI is InChI=1S/C29H34N4O2/c1-32(28(34)19-30)20-23-8-5-9-26(18-23)24-10-12-25(13-11-24)29(35)31-27-14-16-33(17-15-27)21-22-6-3-2-4-7-22/h2-13,18,27H,14-17,19-21,30H2,1H3,(H,31,35). The number of nitrogens with two attached hydrogens (primary N) is 1. The van der Waals surface area contributed by atoms with Gasteiger partial charge in [0, 0.05) is 44.8 Å². The summed E-state index contributed by atoms with van der Waals surface area (Å²) >= 11 is 0. The zero-order valence-electron chi connectivity index (χ0n) is 20.3. The molecule has 182 valence electrons. The second-order valence-corrected chi connectivity index (χ2v) is 9.24. The highest BCUT2D eigenvalue weighted by Crippen LogP contribution is 2.22. The van der Waals surface area contributed by atoms with E-state index in [9.17, 15) is 9.59 Å². The molecule has 0 spiro atoms. The highest BCUT2D eigenvalue weighted by molar-refractivity contribution is 5.94. The van der Waals surface area contributed by atoms with Gasteiger partial charge in [0.1, 0.15) is 0 Å². The zero-order valence-corrected chi connectivity index (χ0v) is 20.3. The summed E-state index contributed by atoms with van der Waals surface area (Å²) in [6, 6.07) is 26.5. The highest BCUT2D eigenvalue weighted by atomic mass is 16.2. The molecule has 0 atom stereocenters. The predicted molar refractivity (Wildman–Crippen MR) is 140 cm³/mol. The Bertz CT molecular complexity index is 1120. The maximum Gasteiger partial charge on any atom is 0.251 e. The molecule has 1 aliphatic heterocycles. The van der Waals surface area contributed by atoms with E-state index in [4.69, 9.17) is 5.73 Å². The molecule has 1 saturated heterocycles. The minimum atomic E-state index is -0.0902. The van der Waals surface area contributed by atoms with E-state index < -0.39 is 0 Å². The maximum atomic E-state index is 12.8. The smallest absolute Gasteiger partial charge is 0.251 e. The van der Waals surface area contributed by atoms with Gasteiger partial charge in [-0.2, -0.15) is 0 Å². The van der Waals surface area contributed by atoms with E-state index in [-0.39, 0.29) is 24.4 Å². The molecule has 4 rings (SSSR count). The first kappa shape index (κ1) is 24.6. The Hall–Kier alpha value is -3.48. The van der Waals surface area contributed by atoms with E-state index in [1.54, 1.807) is 11.9 Å². The van der Waals surface area contributed by atoms with Gasteiger partial charge in [0.25, 0.3) is 5.91 Å². The van der Waals surface area contributed by atoms with E-state index in [1.807, 2.05) is 48.5 Å². The van der Waals surface area contributed by atoms with Crippen molar-refractivity contribution >= 4 is 11.8 Å². The number of hydrogen-bond donors (Lipinski definition) is 2. The Morgan fingerprint density at radius 3 is 2.29 bits per heavy atom. The number of hydrogen-bond acceptors (Lipinski definition) is 4. The average Bonchev–Trinajstić information content (AvgIpc) is 2.90. The van der Waals surface area contributed by atoms with Crippen molar-refractivity contribution in [2.75, 3.05) is 26.7 Å². The highest BCUT2D eigenvalue weighted by Gasteiger charge is 2.21. The molecule has 0 radical (unpaired) electrons. The predicted octanol–water partition coefficient (Wildman–Crippen LogP) is 3.67. The molecule has 0 bridgehead atoms. The van der Waals surface area contributed by atoms with Gasteiger partial charge in [0.2, 0.25) is 5.91 Å². The van der Waals surface area contributed by atoms with Gasteiger partial charge in [-0.25, -0.2) is 0 Å². The summed E-state index contributed by atoms with van der Waals surface area (Å²) in [5, 5.41) is 3.21. The molecule has 3 N–H and O–H groups in total. The van der Waals surface area contributed by atoms with Crippen LogP contribution in [0.15, 0.2) is 78.9 Å². The first-order chi connectivity index (χ1) is 17.0. The van der Waals surface area contributed by atoms with E-state index in [0.717, 1.165) is 49.2 Å². The molecule has 35 heavy (non-hydrogen) atoms. The summed E-state index contributed by atoms with van der Waals surface area (Å²) in [7, 11) is 1.75. The number of carbonyl (C=O) groups excluding carboxylic acids is 2. The number of piperidine rings is 1. The summed E-state index contributed by atoms with van der Waals surface area (Å²) in [6.45, 7) is 3.45. The molecule has 6 nitrogen and oxygen atoms in total. The molecule has 3 aromatic carbocycles. The Morgan fingerprint density at radius 2 is 1.60 bits per heavy atom. The van der Waals surface area contributed by atoms with Crippen LogP contribution in [0.1, 0.15) is 34.3 Å². The number of likely N-dealkylation sites (N-methyl/N-ethyl adjacent to an activating group) is 1. The van der Waals surface area contributed by atoms with Crippen molar-refractivity contribution in [1.82, 2.24) is 15.1 Å². The second kappa shape index (κ2) is 11.8. The van der Waals surface area contributed by atoms with Crippen LogP contribution in [0.2, 0.25) is 0 Å². The lowest BCUT2D eigenvalue weighted by atomic mass is 10.0. The topological polar surface area (TPSA) is 78.7 Å². The third kappa shape index (κ3) is 6.78. The van der Waals surface area contributed by atoms with Gasteiger partial charge in [-0.1, -0.05) is 60.7 Å². The van der Waals surface area contributed by atoms with Crippen molar-refractivity contribution in [1.29, 1.82) is 0 Å². The molecule has 3 aromatic rings. The van der Waals surface area contributed by atoms with E-state index in [1.165, 1.54) is 5.56 Å². The quantitative estimate of drug-likeness (QED) is 0.527. The van der Waals surface area contributed by atoms with Crippen molar-refractivity contribution in [3.05, 3.63) is 95.6 Å². The molecule has 6 heteroatoms. The van der Waals surface area contributed by atoms with Crippen molar-refractivity contribution in [3.8, 4) is 11.1 Å². The molecular formula is C29H34N4O2. The van der Waals surface area contributed by atoms with E-state index >= 15 is 0 Å². The van der Waals surface area contributed by atoms with Crippen LogP contribution in [-0.4, -0.2) is 54.3 Å². The third-order valence-electron chi connectivity index (χ3n) is 6.60. The van der Waals surface area contributed by atoms with E-state index in [0.29, 0.717) is 12.1 Å². The summed E-state index contributed by atoms with van der Waals surface area (Å²) in [6.07, 6.45) is 1.93. The largest absolute Gasteiger partial charge is 0.349 e. The summed E-state index contributed by atoms with van der Waals surface area (Å²) < 4.78 is 0. The Morgan fingerprint density at radius 1 is 0.914 bits per heavy atom. The minimum absolute atomic E-state index is 0.00647. The monoisotopic (exact) mass is 470 g/mol. The van der Waals surface area contributed by atoms with Crippen LogP contribution in [0.4, 0.5) is 0 Å². The number of nitrogens with zero attached hydrogens (tertiary/aromatic N) is 2. The van der Waals surface area contributed by atoms with Crippen LogP contribution in [0.25, 0.3) is 11.1 Å². The Labute approximate surface area is 207 Å². The third-order valence-corrected chi connectivity index (χ3v) is 6.60. The van der Waals surface area contributed by atoms with Gasteiger partial charge in [-0.05, 0) is 53.3 Å². The van der Waals surface area contributed by atoms with Gasteiger partial charge in [-0.3, -0.25) is 14.5 Å². The lowest BCUT2D eigenvalue weighted by molar-refractivity contribution is -0.128. The van der Waals surface area contributed by atoms with Crippen LogP contribution in [-0.2, 0) is 17.9 Å². The fourth-order valence-electron chi connectivity index (χ4n) is 4.53. The fourth-order valence-corrected chi connectivity index (χ4v) is 4.53. The van der Waals surface area contributed by atoms with Crippen molar-refractivity contribution in [3.63, 3.8) is 0 Å². The zero-order chi connectivity index (χ0) is 24.6. The average molecular weight is 471 g/mol. The van der Waals surface area contributed by atoms with Crippen molar-refractivity contribution < 1.29 is 9.59 Å². The van der Waals surface area contributed by atoms with Gasteiger partial charge in [0.05, 0.1) is 6.54 Å². The van der Waals surface area contributed by atoms with Gasteiger partial charge in [-0.15, -0.1) is 0 Å². The molecule has 1 heterocycles. The molecule has 0 aliphatic carbocycles. The second-order valence-electron chi connectivity index (χ2n) is 9.24. The van der Waals surface area contributed by atoms with Crippen LogP contribution < -0.4 is 11.1 Å². The minimum Gasteiger partial charge on any atom is -0.349 e. The number of nitrogens with one attached hydrogen (secondary N) is 1. The lowest BCUT2D eigenvalue weighted by Gasteiger charge is -2.32. The van der Waals surface area contributed by atoms with Crippen LogP contribution in [0, 0.1) is 0 Å². The summed E-state index contributed by atoms with van der Waals surface area (Å²) in [4.78, 5) is 28.7. The summed E-state index contributed by atoms with van der Waals surface area (Å²) in [5.74, 6) is -0.110. The Balaban J connectivity index is 1.30. The van der Waals surface area contributed by atoms with Crippen LogP contribution in [0.5, 0.6) is 0 Å². The molecular weight excluding hydrogens is 436 g/mol. The SMILES string of the molecule is CN(Cc1cccc(-c2ccc(C(=O)NC3CCN(Cc4ccccc4)CC3)cc2)c1)C(=O)CN. The normalized spacial score (nSPS) is 14.5. The van der Waals surface area contributed by atoms with Crippen molar-refractivity contribution in [2.45, 2.75) is 32.0 Å². The van der Waals surface area contributed by atoms with Crippen LogP contribution in [0.3, 0.4) is 0 Å². The summed E-state index contributed by atoms with van der Waals surface area (Å²) in [5.41, 5.74) is 10.6. The number of rotatable bonds is 8. The molecule has 1 fully saturated rings. The van der Waals surface area contributed by atoms with Gasteiger partial charge in [0.15, 0.2) is 0 Å². The molecule has 0 aromatic heterocycles. The number of amides is 2. The number of likely N-dealkylation sites (tertiary alicyclic amines) is 1. The fraction of sp³-hybridized carbons (Fsp3) is 0.310. The van der Waals surface area contributed by atoms with E-state index in [2.05, 4.69) is 40.5 Å². The number of carbonyl (C=O) groups is 2. The number of benzene rings is 3. The molecule has 0 saturated carbocycles. The van der Waals surface area contributed by atoms with Gasteiger partial charge >= 0.3 is 0 Å². The molecule has 0 unspecified atom stereocenters. The first-order valence-electron chi connectivity index (χ1n) is 12.2. The maximum absolute atomic E-state index is 12.8. The lowest BCUT2D eigenvalue weighted by Crippen LogP contribution is -2.44. The molecule has 2 amide bonds. The Kier molecular flexibility index (Phi) is 8.29. The van der Waals surface area contributed by atoms with Gasteiger partial charge < -0.3 is 16.0 Å². The molecule has 1 aliphatic rings. The van der Waals surface area contributed by atoms with Crippen molar-refractivity contribution in [2.24, 2.45) is 5.73 Å². The van der Waals surface area contributed by atoms with Crippen LogP contribution >= 0.6 is 0 Å².